The Kier molecular flexibility index (Phi) is 8.31. The normalized spacial score (nSPS) is 11.9. The summed E-state index contributed by atoms with van der Waals surface area (Å²) >= 11 is 3.00. The second kappa shape index (κ2) is 10.0. The van der Waals surface area contributed by atoms with Gasteiger partial charge < -0.3 is 0 Å². The van der Waals surface area contributed by atoms with E-state index in [1.807, 2.05) is 37.3 Å². The minimum absolute atomic E-state index is 0. The fourth-order valence-electron chi connectivity index (χ4n) is 2.26. The third-order valence-electron chi connectivity index (χ3n) is 3.40. The van der Waals surface area contributed by atoms with E-state index in [-0.39, 0.29) is 22.2 Å². The zero-order chi connectivity index (χ0) is 18.6. The van der Waals surface area contributed by atoms with Gasteiger partial charge in [-0.25, -0.2) is 0 Å². The summed E-state index contributed by atoms with van der Waals surface area (Å²) < 4.78 is 15.8. The molecule has 150 valence electrons. The van der Waals surface area contributed by atoms with E-state index in [1.165, 1.54) is 11.8 Å². The van der Waals surface area contributed by atoms with Gasteiger partial charge in [0.1, 0.15) is 0 Å². The molecular formula is C17H19NiO6PS2. The van der Waals surface area contributed by atoms with Crippen LogP contribution in [-0.2, 0) is 28.0 Å². The summed E-state index contributed by atoms with van der Waals surface area (Å²) in [6.07, 6.45) is 3.22. The van der Waals surface area contributed by atoms with Crippen LogP contribution in [0.3, 0.4) is 0 Å². The van der Waals surface area contributed by atoms with Crippen molar-refractivity contribution >= 4 is 31.7 Å². The fraction of sp³-hybridized carbons (Fsp3) is 0.176. The van der Waals surface area contributed by atoms with E-state index in [4.69, 9.17) is 13.4 Å². The number of aryl methyl sites for hydroxylation is 1. The number of thioether (sulfide) groups is 2. The van der Waals surface area contributed by atoms with Crippen LogP contribution in [-0.4, -0.2) is 14.7 Å². The molecule has 3 rings (SSSR count). The summed E-state index contributed by atoms with van der Waals surface area (Å²) in [5.41, 5.74) is 1.01. The number of hydrogen-bond acceptors (Lipinski definition) is 8. The van der Waals surface area contributed by atoms with Gasteiger partial charge in [-0.15, -0.1) is 0 Å². The first-order valence-electron chi connectivity index (χ1n) is 7.72. The van der Waals surface area contributed by atoms with Crippen LogP contribution in [0.25, 0.3) is 0 Å². The average molecular weight is 473 g/mol. The average Bonchev–Trinajstić information content (AvgIpc) is 3.26. The summed E-state index contributed by atoms with van der Waals surface area (Å²) in [4.78, 5) is 29.7. The van der Waals surface area contributed by atoms with Gasteiger partial charge in [-0.1, -0.05) is 0 Å². The van der Waals surface area contributed by atoms with E-state index in [0.717, 1.165) is 22.0 Å². The van der Waals surface area contributed by atoms with Crippen LogP contribution in [0.5, 0.6) is 5.75 Å². The van der Waals surface area contributed by atoms with Crippen LogP contribution in [0.2, 0.25) is 0 Å². The van der Waals surface area contributed by atoms with Crippen LogP contribution in [0, 0.1) is 6.92 Å². The zero-order valence-electron chi connectivity index (χ0n) is 14.2. The molecule has 0 atom stereocenters. The first kappa shape index (κ1) is 22.4. The fourth-order valence-corrected chi connectivity index (χ4v) is 5.13. The standard InChI is InChI=1S/C17H19O6PS2.Ni/c1-12-6-7-15(23-24(18,19)20)17(26-11-14-5-3-9-22-14)16(12)25-10-13-4-2-8-21-13;/h2-9,18-20,24H,10-11H2,1H3;. The number of benzene rings is 1. The maximum absolute atomic E-state index is 9.37. The van der Waals surface area contributed by atoms with Crippen LogP contribution in [0.15, 0.2) is 67.5 Å². The molecule has 0 saturated heterocycles. The van der Waals surface area contributed by atoms with Crippen molar-refractivity contribution in [1.29, 1.82) is 0 Å². The molecule has 6 nitrogen and oxygen atoms in total. The molecule has 10 heteroatoms. The molecule has 0 aliphatic carbocycles. The largest absolute Gasteiger partial charge is 0 e. The summed E-state index contributed by atoms with van der Waals surface area (Å²) in [6, 6.07) is 10.8. The third-order valence-corrected chi connectivity index (χ3v) is 6.39. The SMILES string of the molecule is Cc1ccc(O[PH](O)(O)O)c(SCc2ccco2)c1SCc1ccco1.[Ni]. The molecule has 0 spiro atoms. The van der Waals surface area contributed by atoms with E-state index in [2.05, 4.69) is 0 Å². The maximum atomic E-state index is 9.37. The molecule has 0 saturated carbocycles. The van der Waals surface area contributed by atoms with Crippen LogP contribution >= 0.6 is 31.7 Å². The molecule has 0 aliphatic heterocycles. The van der Waals surface area contributed by atoms with Gasteiger partial charge in [0.2, 0.25) is 0 Å². The maximum Gasteiger partial charge on any atom is 0 e. The summed E-state index contributed by atoms with van der Waals surface area (Å²) in [5, 5.41) is 0. The summed E-state index contributed by atoms with van der Waals surface area (Å²) in [6.45, 7) is 1.96. The number of hydrogen-bond donors (Lipinski definition) is 3. The van der Waals surface area contributed by atoms with Crippen LogP contribution < -0.4 is 4.52 Å². The number of rotatable bonds is 8. The first-order valence-corrected chi connectivity index (χ1v) is 11.4. The topological polar surface area (TPSA) is 96.2 Å². The van der Waals surface area contributed by atoms with Gasteiger partial charge in [0.25, 0.3) is 0 Å². The van der Waals surface area contributed by atoms with Crippen molar-refractivity contribution in [2.45, 2.75) is 28.2 Å². The smallest absolute Gasteiger partial charge is 0 e. The van der Waals surface area contributed by atoms with E-state index in [0.29, 0.717) is 16.4 Å². The molecule has 0 aliphatic rings. The molecule has 0 unspecified atom stereocenters. The first-order chi connectivity index (χ1) is 12.4. The molecule has 0 radical (unpaired) electrons. The molecule has 27 heavy (non-hydrogen) atoms. The van der Waals surface area contributed by atoms with E-state index in [9.17, 15) is 14.7 Å². The van der Waals surface area contributed by atoms with Crippen molar-refractivity contribution in [1.82, 2.24) is 0 Å². The van der Waals surface area contributed by atoms with Crippen molar-refractivity contribution in [2.24, 2.45) is 0 Å². The van der Waals surface area contributed by atoms with Crippen LogP contribution in [0.1, 0.15) is 17.1 Å². The van der Waals surface area contributed by atoms with Gasteiger partial charge in [0.15, 0.2) is 0 Å². The van der Waals surface area contributed by atoms with Gasteiger partial charge in [-0.05, 0) is 0 Å². The Morgan fingerprint density at radius 3 is 1.93 bits per heavy atom. The Morgan fingerprint density at radius 2 is 1.44 bits per heavy atom. The molecule has 2 aromatic heterocycles. The second-order valence-corrected chi connectivity index (χ2v) is 8.77. The summed E-state index contributed by atoms with van der Waals surface area (Å²) in [7, 11) is -4.71. The van der Waals surface area contributed by atoms with Gasteiger partial charge in [-0.3, -0.25) is 0 Å². The molecular weight excluding hydrogens is 454 g/mol. The van der Waals surface area contributed by atoms with Crippen molar-refractivity contribution in [2.75, 3.05) is 0 Å². The van der Waals surface area contributed by atoms with E-state index >= 15 is 0 Å². The minimum atomic E-state index is -4.71. The van der Waals surface area contributed by atoms with Crippen molar-refractivity contribution in [3.8, 4) is 5.75 Å². The van der Waals surface area contributed by atoms with Crippen LogP contribution in [0.4, 0.5) is 0 Å². The van der Waals surface area contributed by atoms with Gasteiger partial charge >= 0.3 is 160 Å². The van der Waals surface area contributed by atoms with E-state index in [1.54, 1.807) is 30.4 Å². The number of furan rings is 2. The Morgan fingerprint density at radius 1 is 0.889 bits per heavy atom. The Bertz CT molecular complexity index is 834. The molecule has 1 aromatic carbocycles. The molecule has 0 fully saturated rings. The third kappa shape index (κ3) is 6.58. The molecule has 3 aromatic rings. The van der Waals surface area contributed by atoms with E-state index < -0.39 is 8.17 Å². The molecule has 3 N–H and O–H groups in total. The molecule has 0 amide bonds. The van der Waals surface area contributed by atoms with Gasteiger partial charge in [-0.2, -0.15) is 0 Å². The van der Waals surface area contributed by atoms with Gasteiger partial charge in [0.05, 0.1) is 0 Å². The summed E-state index contributed by atoms with van der Waals surface area (Å²) in [5.74, 6) is 3.00. The van der Waals surface area contributed by atoms with Gasteiger partial charge in [0, 0.05) is 16.5 Å². The van der Waals surface area contributed by atoms with Crippen molar-refractivity contribution in [3.63, 3.8) is 0 Å². The quantitative estimate of drug-likeness (QED) is 0.250. The van der Waals surface area contributed by atoms with Crippen molar-refractivity contribution in [3.05, 3.63) is 66.0 Å². The predicted molar refractivity (Wildman–Crippen MR) is 103 cm³/mol. The Balaban J connectivity index is 0.00000261. The monoisotopic (exact) mass is 472 g/mol. The molecule has 0 bridgehead atoms. The Hall–Kier alpha value is -0.916. The van der Waals surface area contributed by atoms with Crippen molar-refractivity contribution < 1.29 is 44.5 Å². The molecule has 2 heterocycles. The Labute approximate surface area is 175 Å². The second-order valence-electron chi connectivity index (χ2n) is 5.45. The minimum Gasteiger partial charge on any atom is 0 e. The predicted octanol–water partition coefficient (Wildman–Crippen LogP) is 4.53. The zero-order valence-corrected chi connectivity index (χ0v) is 17.9.